The molecule has 0 aliphatic heterocycles. The van der Waals surface area contributed by atoms with E-state index in [1.54, 1.807) is 12.1 Å². The van der Waals surface area contributed by atoms with E-state index in [1.807, 2.05) is 56.3 Å². The van der Waals surface area contributed by atoms with Crippen LogP contribution in [0.15, 0.2) is 66.7 Å². The lowest BCUT2D eigenvalue weighted by molar-refractivity contribution is 0.0947. The Hall–Kier alpha value is -3.01. The second kappa shape index (κ2) is 8.39. The molecule has 26 heavy (non-hydrogen) atoms. The quantitative estimate of drug-likeness (QED) is 0.642. The number of hydrogen-bond acceptors (Lipinski definition) is 3. The number of fused-ring (bicyclic) bond motifs is 1. The first-order valence-corrected chi connectivity index (χ1v) is 8.79. The van der Waals surface area contributed by atoms with Gasteiger partial charge in [0.25, 0.3) is 5.91 Å². The molecule has 4 nitrogen and oxygen atoms in total. The molecule has 0 bridgehead atoms. The summed E-state index contributed by atoms with van der Waals surface area (Å²) in [5.74, 6) is 1.46. The van der Waals surface area contributed by atoms with Crippen molar-refractivity contribution in [1.82, 2.24) is 5.32 Å². The van der Waals surface area contributed by atoms with E-state index in [2.05, 4.69) is 17.4 Å². The Morgan fingerprint density at radius 3 is 2.46 bits per heavy atom. The zero-order valence-corrected chi connectivity index (χ0v) is 15.1. The summed E-state index contributed by atoms with van der Waals surface area (Å²) in [6.07, 6.45) is 0.112. The van der Waals surface area contributed by atoms with Crippen molar-refractivity contribution in [2.75, 3.05) is 13.2 Å². The fraction of sp³-hybridized carbons (Fsp3) is 0.227. The van der Waals surface area contributed by atoms with Crippen molar-refractivity contribution in [3.8, 4) is 11.5 Å². The number of carbonyl (C=O) groups excluding carboxylic acids is 1. The van der Waals surface area contributed by atoms with Crippen LogP contribution in [0.1, 0.15) is 24.2 Å². The molecule has 0 saturated carbocycles. The van der Waals surface area contributed by atoms with Gasteiger partial charge < -0.3 is 14.8 Å². The molecule has 3 aromatic carbocycles. The Kier molecular flexibility index (Phi) is 5.74. The molecule has 0 heterocycles. The first-order valence-electron chi connectivity index (χ1n) is 8.79. The standard InChI is InChI=1S/C22H23NO3/c1-16(2)26-19-12-10-18(11-13-19)22(24)23-14-15-25-21-9-5-7-17-6-3-4-8-20(17)21/h3-13,16H,14-15H2,1-2H3,(H,23,24). The number of nitrogens with one attached hydrogen (secondary N) is 1. The van der Waals surface area contributed by atoms with E-state index < -0.39 is 0 Å². The number of amides is 1. The molecule has 4 heteroatoms. The van der Waals surface area contributed by atoms with Crippen LogP contribution in [-0.4, -0.2) is 25.2 Å². The molecule has 3 rings (SSSR count). The summed E-state index contributed by atoms with van der Waals surface area (Å²) in [7, 11) is 0. The van der Waals surface area contributed by atoms with Crippen molar-refractivity contribution in [2.45, 2.75) is 20.0 Å². The highest BCUT2D eigenvalue weighted by molar-refractivity contribution is 5.94. The van der Waals surface area contributed by atoms with Gasteiger partial charge in [0.05, 0.1) is 12.6 Å². The summed E-state index contributed by atoms with van der Waals surface area (Å²) in [5.41, 5.74) is 0.603. The van der Waals surface area contributed by atoms with E-state index in [4.69, 9.17) is 9.47 Å². The van der Waals surface area contributed by atoms with Gasteiger partial charge in [0, 0.05) is 10.9 Å². The van der Waals surface area contributed by atoms with Crippen LogP contribution in [0.3, 0.4) is 0 Å². The largest absolute Gasteiger partial charge is 0.491 e. The van der Waals surface area contributed by atoms with Crippen LogP contribution in [-0.2, 0) is 0 Å². The molecule has 0 atom stereocenters. The fourth-order valence-corrected chi connectivity index (χ4v) is 2.71. The molecule has 0 fully saturated rings. The van der Waals surface area contributed by atoms with Gasteiger partial charge in [0.2, 0.25) is 0 Å². The van der Waals surface area contributed by atoms with Gasteiger partial charge >= 0.3 is 0 Å². The second-order valence-corrected chi connectivity index (χ2v) is 6.27. The number of benzene rings is 3. The first kappa shape index (κ1) is 17.8. The average molecular weight is 349 g/mol. The summed E-state index contributed by atoms with van der Waals surface area (Å²) in [6.45, 7) is 4.79. The van der Waals surface area contributed by atoms with Crippen molar-refractivity contribution < 1.29 is 14.3 Å². The Balaban J connectivity index is 1.50. The Labute approximate surface area is 153 Å². The molecule has 3 aromatic rings. The minimum atomic E-state index is -0.123. The third-order valence-corrected chi connectivity index (χ3v) is 3.88. The van der Waals surface area contributed by atoms with Crippen molar-refractivity contribution in [1.29, 1.82) is 0 Å². The highest BCUT2D eigenvalue weighted by atomic mass is 16.5. The topological polar surface area (TPSA) is 47.6 Å². The van der Waals surface area contributed by atoms with Crippen LogP contribution in [0.2, 0.25) is 0 Å². The number of hydrogen-bond donors (Lipinski definition) is 1. The molecule has 0 unspecified atom stereocenters. The monoisotopic (exact) mass is 349 g/mol. The van der Waals surface area contributed by atoms with Crippen molar-refractivity contribution in [3.63, 3.8) is 0 Å². The predicted octanol–water partition coefficient (Wildman–Crippen LogP) is 4.44. The molecule has 0 aliphatic rings. The first-order chi connectivity index (χ1) is 12.6. The summed E-state index contributed by atoms with van der Waals surface area (Å²) in [4.78, 5) is 12.2. The van der Waals surface area contributed by atoms with Gasteiger partial charge in [-0.2, -0.15) is 0 Å². The highest BCUT2D eigenvalue weighted by Crippen LogP contribution is 2.24. The summed E-state index contributed by atoms with van der Waals surface area (Å²) >= 11 is 0. The molecule has 0 spiro atoms. The van der Waals surface area contributed by atoms with Crippen LogP contribution in [0.5, 0.6) is 11.5 Å². The van der Waals surface area contributed by atoms with Crippen LogP contribution in [0.4, 0.5) is 0 Å². The van der Waals surface area contributed by atoms with Crippen molar-refractivity contribution in [2.24, 2.45) is 0 Å². The SMILES string of the molecule is CC(C)Oc1ccc(C(=O)NCCOc2cccc3ccccc23)cc1. The molecule has 1 N–H and O–H groups in total. The Morgan fingerprint density at radius 2 is 1.69 bits per heavy atom. The van der Waals surface area contributed by atoms with Gasteiger partial charge in [-0.1, -0.05) is 36.4 Å². The summed E-state index contributed by atoms with van der Waals surface area (Å²) in [5, 5.41) is 5.08. The summed E-state index contributed by atoms with van der Waals surface area (Å²) < 4.78 is 11.4. The maximum absolute atomic E-state index is 12.2. The zero-order valence-electron chi connectivity index (χ0n) is 15.1. The molecule has 0 saturated heterocycles. The Morgan fingerprint density at radius 1 is 0.962 bits per heavy atom. The van der Waals surface area contributed by atoms with Gasteiger partial charge in [-0.25, -0.2) is 0 Å². The van der Waals surface area contributed by atoms with E-state index >= 15 is 0 Å². The van der Waals surface area contributed by atoms with Gasteiger partial charge in [0.15, 0.2) is 0 Å². The molecular weight excluding hydrogens is 326 g/mol. The third-order valence-electron chi connectivity index (χ3n) is 3.88. The van der Waals surface area contributed by atoms with E-state index in [1.165, 1.54) is 0 Å². The van der Waals surface area contributed by atoms with Crippen LogP contribution < -0.4 is 14.8 Å². The van der Waals surface area contributed by atoms with Gasteiger partial charge in [-0.15, -0.1) is 0 Å². The van der Waals surface area contributed by atoms with Crippen molar-refractivity contribution >= 4 is 16.7 Å². The number of carbonyl (C=O) groups is 1. The van der Waals surface area contributed by atoms with E-state index in [0.717, 1.165) is 22.3 Å². The van der Waals surface area contributed by atoms with Crippen LogP contribution in [0.25, 0.3) is 10.8 Å². The van der Waals surface area contributed by atoms with Crippen molar-refractivity contribution in [3.05, 3.63) is 72.3 Å². The normalized spacial score (nSPS) is 10.7. The van der Waals surface area contributed by atoms with Crippen LogP contribution >= 0.6 is 0 Å². The average Bonchev–Trinajstić information content (AvgIpc) is 2.65. The highest BCUT2D eigenvalue weighted by Gasteiger charge is 2.06. The van der Waals surface area contributed by atoms with Gasteiger partial charge in [0.1, 0.15) is 18.1 Å². The lowest BCUT2D eigenvalue weighted by Gasteiger charge is -2.11. The molecule has 134 valence electrons. The van der Waals surface area contributed by atoms with Crippen LogP contribution in [0, 0.1) is 0 Å². The fourth-order valence-electron chi connectivity index (χ4n) is 2.71. The molecule has 0 radical (unpaired) electrons. The van der Waals surface area contributed by atoms with Gasteiger partial charge in [-0.05, 0) is 49.6 Å². The number of rotatable bonds is 7. The van der Waals surface area contributed by atoms with E-state index in [0.29, 0.717) is 18.7 Å². The maximum atomic E-state index is 12.2. The third kappa shape index (κ3) is 4.54. The minimum Gasteiger partial charge on any atom is -0.491 e. The second-order valence-electron chi connectivity index (χ2n) is 6.27. The Bertz CT molecular complexity index is 867. The molecule has 0 aliphatic carbocycles. The molecular formula is C22H23NO3. The maximum Gasteiger partial charge on any atom is 0.251 e. The molecule has 0 aromatic heterocycles. The minimum absolute atomic E-state index is 0.112. The zero-order chi connectivity index (χ0) is 18.4. The summed E-state index contributed by atoms with van der Waals surface area (Å²) in [6, 6.07) is 21.2. The lowest BCUT2D eigenvalue weighted by atomic mass is 10.1. The van der Waals surface area contributed by atoms with E-state index in [-0.39, 0.29) is 12.0 Å². The molecule has 1 amide bonds. The number of ether oxygens (including phenoxy) is 2. The predicted molar refractivity (Wildman–Crippen MR) is 104 cm³/mol. The van der Waals surface area contributed by atoms with E-state index in [9.17, 15) is 4.79 Å². The smallest absolute Gasteiger partial charge is 0.251 e. The van der Waals surface area contributed by atoms with Gasteiger partial charge in [-0.3, -0.25) is 4.79 Å². The lowest BCUT2D eigenvalue weighted by Crippen LogP contribution is -2.28.